The van der Waals surface area contributed by atoms with E-state index in [-0.39, 0.29) is 18.6 Å². The Morgan fingerprint density at radius 1 is 0.857 bits per heavy atom. The average molecular weight is 306 g/mol. The molecular weight excluding hydrogens is 291 g/mol. The number of hydrogen-bond acceptors (Lipinski definition) is 2. The number of benzene rings is 1. The Bertz CT molecular complexity index is 548. The van der Waals surface area contributed by atoms with Gasteiger partial charge in [-0.05, 0) is 26.3 Å². The molecule has 0 bridgehead atoms. The number of halogens is 5. The zero-order chi connectivity index (χ0) is 15.3. The second-order valence-electron chi connectivity index (χ2n) is 5.71. The molecule has 21 heavy (non-hydrogen) atoms. The Labute approximate surface area is 119 Å². The van der Waals surface area contributed by atoms with Crippen molar-refractivity contribution in [3.05, 3.63) is 29.1 Å². The molecule has 2 aliphatic heterocycles. The van der Waals surface area contributed by atoms with Crippen LogP contribution in [-0.2, 0) is 0 Å². The Kier molecular flexibility index (Phi) is 3.55. The monoisotopic (exact) mass is 306 g/mol. The summed E-state index contributed by atoms with van der Waals surface area (Å²) in [6.07, 6.45) is 1.86. The number of fused-ring (bicyclic) bond motifs is 1. The summed E-state index contributed by atoms with van der Waals surface area (Å²) in [4.78, 5) is 3.51. The molecule has 2 heterocycles. The van der Waals surface area contributed by atoms with Gasteiger partial charge in [-0.15, -0.1) is 0 Å². The summed E-state index contributed by atoms with van der Waals surface area (Å²) in [5.41, 5.74) is -0.801. The van der Waals surface area contributed by atoms with Gasteiger partial charge in [-0.1, -0.05) is 0 Å². The molecule has 0 radical (unpaired) electrons. The molecule has 3 rings (SSSR count). The van der Waals surface area contributed by atoms with E-state index in [1.807, 2.05) is 0 Å². The lowest BCUT2D eigenvalue weighted by atomic mass is 10.1. The fourth-order valence-electron chi connectivity index (χ4n) is 3.34. The predicted molar refractivity (Wildman–Crippen MR) is 67.6 cm³/mol. The molecule has 0 saturated carbocycles. The minimum atomic E-state index is -2.11. The molecule has 0 aliphatic carbocycles. The van der Waals surface area contributed by atoms with Crippen LogP contribution in [0.25, 0.3) is 0 Å². The van der Waals surface area contributed by atoms with Crippen LogP contribution in [0.1, 0.15) is 19.8 Å². The molecule has 2 unspecified atom stereocenters. The Balaban J connectivity index is 2.04. The van der Waals surface area contributed by atoms with Crippen LogP contribution in [0.2, 0.25) is 0 Å². The van der Waals surface area contributed by atoms with Gasteiger partial charge >= 0.3 is 0 Å². The van der Waals surface area contributed by atoms with E-state index in [1.165, 1.54) is 4.90 Å². The first-order chi connectivity index (χ1) is 9.91. The fraction of sp³-hybridized carbons (Fsp3) is 0.571. The lowest BCUT2D eigenvalue weighted by molar-refractivity contribution is 0.200. The number of nitrogens with zero attached hydrogens (tertiary/aromatic N) is 2. The molecular formula is C14H15F5N2. The standard InChI is InChI=1S/C14H15F5N2/c1-7-5-20-4-2-3-8(20)6-21(7)14-12(18)10(16)9(15)11(17)13(14)19/h7-8H,2-6H2,1H3. The van der Waals surface area contributed by atoms with Crippen LogP contribution in [0.3, 0.4) is 0 Å². The summed E-state index contributed by atoms with van der Waals surface area (Å²) in [7, 11) is 0. The van der Waals surface area contributed by atoms with Gasteiger partial charge in [0.1, 0.15) is 5.69 Å². The Morgan fingerprint density at radius 2 is 1.43 bits per heavy atom. The minimum Gasteiger partial charge on any atom is -0.361 e. The lowest BCUT2D eigenvalue weighted by Crippen LogP contribution is -2.55. The molecule has 0 amide bonds. The molecule has 1 aromatic carbocycles. The van der Waals surface area contributed by atoms with Crippen molar-refractivity contribution in [2.75, 3.05) is 24.5 Å². The van der Waals surface area contributed by atoms with E-state index < -0.39 is 34.8 Å². The highest BCUT2D eigenvalue weighted by molar-refractivity contribution is 5.52. The molecule has 2 nitrogen and oxygen atoms in total. The molecule has 0 aromatic heterocycles. The average Bonchev–Trinajstić information content (AvgIpc) is 2.90. The van der Waals surface area contributed by atoms with E-state index in [2.05, 4.69) is 4.90 Å². The quantitative estimate of drug-likeness (QED) is 0.447. The molecule has 2 fully saturated rings. The van der Waals surface area contributed by atoms with Gasteiger partial charge < -0.3 is 4.90 Å². The van der Waals surface area contributed by atoms with E-state index in [1.54, 1.807) is 6.92 Å². The summed E-state index contributed by atoms with van der Waals surface area (Å²) in [6, 6.07) is -0.205. The Hall–Kier alpha value is -1.37. The lowest BCUT2D eigenvalue weighted by Gasteiger charge is -2.43. The summed E-state index contributed by atoms with van der Waals surface area (Å²) in [6.45, 7) is 3.48. The smallest absolute Gasteiger partial charge is 0.200 e. The third-order valence-corrected chi connectivity index (χ3v) is 4.41. The summed E-state index contributed by atoms with van der Waals surface area (Å²) < 4.78 is 67.7. The molecule has 2 atom stereocenters. The van der Waals surface area contributed by atoms with Crippen molar-refractivity contribution < 1.29 is 22.0 Å². The van der Waals surface area contributed by atoms with E-state index in [4.69, 9.17) is 0 Å². The van der Waals surface area contributed by atoms with E-state index in [0.717, 1.165) is 19.4 Å². The van der Waals surface area contributed by atoms with Crippen molar-refractivity contribution in [2.24, 2.45) is 0 Å². The minimum absolute atomic E-state index is 0.108. The maximum Gasteiger partial charge on any atom is 0.200 e. The SMILES string of the molecule is CC1CN2CCCC2CN1c1c(F)c(F)c(F)c(F)c1F. The molecule has 0 spiro atoms. The van der Waals surface area contributed by atoms with Crippen molar-refractivity contribution in [1.29, 1.82) is 0 Å². The maximum atomic E-state index is 13.9. The highest BCUT2D eigenvalue weighted by Crippen LogP contribution is 2.35. The van der Waals surface area contributed by atoms with Crippen molar-refractivity contribution >= 4 is 5.69 Å². The molecule has 2 aliphatic rings. The summed E-state index contributed by atoms with van der Waals surface area (Å²) in [5.74, 6) is -9.37. The first kappa shape index (κ1) is 14.6. The van der Waals surface area contributed by atoms with Crippen LogP contribution < -0.4 is 4.90 Å². The van der Waals surface area contributed by atoms with Crippen LogP contribution in [0, 0.1) is 29.1 Å². The van der Waals surface area contributed by atoms with Gasteiger partial charge in [-0.2, -0.15) is 0 Å². The van der Waals surface area contributed by atoms with Gasteiger partial charge in [-0.25, -0.2) is 22.0 Å². The predicted octanol–water partition coefficient (Wildman–Crippen LogP) is 3.06. The summed E-state index contributed by atoms with van der Waals surface area (Å²) in [5, 5.41) is 0. The van der Waals surface area contributed by atoms with Crippen LogP contribution in [-0.4, -0.2) is 36.6 Å². The van der Waals surface area contributed by atoms with E-state index in [0.29, 0.717) is 6.54 Å². The second kappa shape index (κ2) is 5.12. The zero-order valence-corrected chi connectivity index (χ0v) is 11.5. The van der Waals surface area contributed by atoms with E-state index in [9.17, 15) is 22.0 Å². The largest absolute Gasteiger partial charge is 0.361 e. The van der Waals surface area contributed by atoms with Crippen molar-refractivity contribution in [3.63, 3.8) is 0 Å². The van der Waals surface area contributed by atoms with Gasteiger partial charge in [0.15, 0.2) is 23.3 Å². The van der Waals surface area contributed by atoms with E-state index >= 15 is 0 Å². The number of piperazine rings is 1. The van der Waals surface area contributed by atoms with Gasteiger partial charge in [0, 0.05) is 25.2 Å². The second-order valence-corrected chi connectivity index (χ2v) is 5.71. The topological polar surface area (TPSA) is 6.48 Å². The number of rotatable bonds is 1. The third kappa shape index (κ3) is 2.18. The van der Waals surface area contributed by atoms with Gasteiger partial charge in [0.05, 0.1) is 0 Å². The highest BCUT2D eigenvalue weighted by atomic mass is 19.2. The first-order valence-electron chi connectivity index (χ1n) is 6.94. The normalized spacial score (nSPS) is 26.3. The molecule has 116 valence electrons. The van der Waals surface area contributed by atoms with Crippen molar-refractivity contribution in [2.45, 2.75) is 31.8 Å². The fourth-order valence-corrected chi connectivity index (χ4v) is 3.34. The molecule has 7 heteroatoms. The number of anilines is 1. The first-order valence-corrected chi connectivity index (χ1v) is 6.94. The zero-order valence-electron chi connectivity index (χ0n) is 11.5. The van der Waals surface area contributed by atoms with Gasteiger partial charge in [0.2, 0.25) is 5.82 Å². The Morgan fingerprint density at radius 3 is 2.05 bits per heavy atom. The summed E-state index contributed by atoms with van der Waals surface area (Å²) >= 11 is 0. The van der Waals surface area contributed by atoms with Gasteiger partial charge in [-0.3, -0.25) is 4.90 Å². The number of hydrogen-bond donors (Lipinski definition) is 0. The van der Waals surface area contributed by atoms with Crippen molar-refractivity contribution in [3.8, 4) is 0 Å². The van der Waals surface area contributed by atoms with Crippen LogP contribution >= 0.6 is 0 Å². The van der Waals surface area contributed by atoms with Gasteiger partial charge in [0.25, 0.3) is 0 Å². The molecule has 0 N–H and O–H groups in total. The van der Waals surface area contributed by atoms with Crippen LogP contribution in [0.5, 0.6) is 0 Å². The third-order valence-electron chi connectivity index (χ3n) is 4.41. The maximum absolute atomic E-state index is 13.9. The van der Waals surface area contributed by atoms with Crippen molar-refractivity contribution in [1.82, 2.24) is 4.90 Å². The highest BCUT2D eigenvalue weighted by Gasteiger charge is 2.38. The molecule has 2 saturated heterocycles. The molecule has 1 aromatic rings. The van der Waals surface area contributed by atoms with Crippen LogP contribution in [0.4, 0.5) is 27.6 Å². The van der Waals surface area contributed by atoms with Crippen LogP contribution in [0.15, 0.2) is 0 Å².